The highest BCUT2D eigenvalue weighted by molar-refractivity contribution is 6.21. The molecular weight excluding hydrogens is 278 g/mol. The van der Waals surface area contributed by atoms with E-state index >= 15 is 0 Å². The van der Waals surface area contributed by atoms with Gasteiger partial charge in [0.05, 0.1) is 0 Å². The minimum atomic E-state index is 0.182. The molecule has 1 saturated carbocycles. The highest BCUT2D eigenvalue weighted by Gasteiger charge is 2.56. The highest BCUT2D eigenvalue weighted by Crippen LogP contribution is 2.63. The van der Waals surface area contributed by atoms with Gasteiger partial charge >= 0.3 is 0 Å². The number of hydrogen-bond acceptors (Lipinski definition) is 1. The molecule has 1 nitrogen and oxygen atoms in total. The van der Waals surface area contributed by atoms with Crippen LogP contribution in [0.15, 0.2) is 48.7 Å². The molecule has 0 aliphatic heterocycles. The Morgan fingerprint density at radius 1 is 1.14 bits per heavy atom. The van der Waals surface area contributed by atoms with E-state index in [-0.39, 0.29) is 5.38 Å². The molecule has 21 heavy (non-hydrogen) atoms. The van der Waals surface area contributed by atoms with Crippen molar-refractivity contribution in [2.75, 3.05) is 0 Å². The zero-order valence-corrected chi connectivity index (χ0v) is 13.0. The SMILES string of the molecule is CC(c1ccccn1)C(Cl)C1C2CCc3ccccc3C21. The largest absolute Gasteiger partial charge is 0.261 e. The number of alkyl halides is 1. The first kappa shape index (κ1) is 13.3. The van der Waals surface area contributed by atoms with Crippen LogP contribution < -0.4 is 0 Å². The predicted molar refractivity (Wildman–Crippen MR) is 86.8 cm³/mol. The van der Waals surface area contributed by atoms with E-state index in [1.807, 2.05) is 12.3 Å². The minimum absolute atomic E-state index is 0.182. The maximum absolute atomic E-state index is 6.86. The van der Waals surface area contributed by atoms with E-state index in [1.54, 1.807) is 5.56 Å². The molecule has 1 fully saturated rings. The van der Waals surface area contributed by atoms with Crippen LogP contribution in [0.25, 0.3) is 0 Å². The van der Waals surface area contributed by atoms with Gasteiger partial charge in [-0.25, -0.2) is 0 Å². The Bertz CT molecular complexity index is 639. The molecule has 0 radical (unpaired) electrons. The minimum Gasteiger partial charge on any atom is -0.261 e. The number of nitrogens with zero attached hydrogens (tertiary/aromatic N) is 1. The second-order valence-electron chi connectivity index (χ2n) is 6.49. The quantitative estimate of drug-likeness (QED) is 0.744. The van der Waals surface area contributed by atoms with Crippen LogP contribution in [0.3, 0.4) is 0 Å². The lowest BCUT2D eigenvalue weighted by atomic mass is 9.92. The molecule has 2 aromatic rings. The Morgan fingerprint density at radius 2 is 1.95 bits per heavy atom. The third kappa shape index (κ3) is 2.19. The van der Waals surface area contributed by atoms with Crippen molar-refractivity contribution < 1.29 is 0 Å². The van der Waals surface area contributed by atoms with Crippen LogP contribution in [-0.2, 0) is 6.42 Å². The maximum Gasteiger partial charge on any atom is 0.0454 e. The molecule has 0 saturated heterocycles. The Balaban J connectivity index is 1.57. The lowest BCUT2D eigenvalue weighted by Crippen LogP contribution is -2.14. The molecule has 108 valence electrons. The molecule has 5 atom stereocenters. The van der Waals surface area contributed by atoms with Crippen LogP contribution in [0.5, 0.6) is 0 Å². The average Bonchev–Trinajstić information content (AvgIpc) is 3.29. The van der Waals surface area contributed by atoms with E-state index in [2.05, 4.69) is 48.3 Å². The van der Waals surface area contributed by atoms with Crippen molar-refractivity contribution >= 4 is 11.6 Å². The van der Waals surface area contributed by atoms with Crippen molar-refractivity contribution in [1.29, 1.82) is 0 Å². The number of fused-ring (bicyclic) bond motifs is 3. The normalized spacial score (nSPS) is 29.1. The number of benzene rings is 1. The van der Waals surface area contributed by atoms with Gasteiger partial charge in [-0.15, -0.1) is 11.6 Å². The summed E-state index contributed by atoms with van der Waals surface area (Å²) in [5, 5.41) is 0.182. The van der Waals surface area contributed by atoms with Gasteiger partial charge < -0.3 is 0 Å². The molecule has 1 aromatic heterocycles. The Morgan fingerprint density at radius 3 is 2.76 bits per heavy atom. The zero-order chi connectivity index (χ0) is 14.4. The van der Waals surface area contributed by atoms with Crippen molar-refractivity contribution in [3.05, 3.63) is 65.5 Å². The molecule has 0 spiro atoms. The number of hydrogen-bond donors (Lipinski definition) is 0. The van der Waals surface area contributed by atoms with Gasteiger partial charge in [0, 0.05) is 23.2 Å². The monoisotopic (exact) mass is 297 g/mol. The van der Waals surface area contributed by atoms with Gasteiger partial charge in [-0.3, -0.25) is 4.98 Å². The first-order valence-electron chi connectivity index (χ1n) is 7.90. The topological polar surface area (TPSA) is 12.9 Å². The van der Waals surface area contributed by atoms with E-state index < -0.39 is 0 Å². The third-order valence-electron chi connectivity index (χ3n) is 5.39. The van der Waals surface area contributed by atoms with E-state index in [0.717, 1.165) is 11.6 Å². The van der Waals surface area contributed by atoms with Gasteiger partial charge in [-0.1, -0.05) is 37.3 Å². The molecule has 2 aliphatic carbocycles. The molecular formula is C19H20ClN. The van der Waals surface area contributed by atoms with Crippen molar-refractivity contribution in [3.8, 4) is 0 Å². The second kappa shape index (κ2) is 5.14. The fourth-order valence-electron chi connectivity index (χ4n) is 4.20. The predicted octanol–water partition coefficient (Wildman–Crippen LogP) is 4.77. The summed E-state index contributed by atoms with van der Waals surface area (Å²) in [5.41, 5.74) is 4.21. The summed E-state index contributed by atoms with van der Waals surface area (Å²) in [6, 6.07) is 15.0. The number of aromatic nitrogens is 1. The molecule has 5 unspecified atom stereocenters. The first-order valence-corrected chi connectivity index (χ1v) is 8.34. The van der Waals surface area contributed by atoms with E-state index in [4.69, 9.17) is 11.6 Å². The van der Waals surface area contributed by atoms with Crippen LogP contribution in [-0.4, -0.2) is 10.4 Å². The first-order chi connectivity index (χ1) is 10.3. The Kier molecular flexibility index (Phi) is 3.26. The summed E-state index contributed by atoms with van der Waals surface area (Å²) >= 11 is 6.86. The van der Waals surface area contributed by atoms with Crippen LogP contribution >= 0.6 is 11.6 Å². The molecule has 2 aliphatic rings. The molecule has 0 amide bonds. The Labute approximate surface area is 131 Å². The van der Waals surface area contributed by atoms with Crippen molar-refractivity contribution in [2.24, 2.45) is 11.8 Å². The van der Waals surface area contributed by atoms with Crippen molar-refractivity contribution in [1.82, 2.24) is 4.98 Å². The molecule has 1 aromatic carbocycles. The van der Waals surface area contributed by atoms with Gasteiger partial charge in [0.2, 0.25) is 0 Å². The maximum atomic E-state index is 6.86. The molecule has 4 rings (SSSR count). The van der Waals surface area contributed by atoms with Crippen LogP contribution in [0.2, 0.25) is 0 Å². The summed E-state index contributed by atoms with van der Waals surface area (Å²) in [4.78, 5) is 4.49. The van der Waals surface area contributed by atoms with Gasteiger partial charge in [-0.05, 0) is 53.9 Å². The van der Waals surface area contributed by atoms with Crippen LogP contribution in [0.1, 0.15) is 42.0 Å². The average molecular weight is 298 g/mol. The van der Waals surface area contributed by atoms with Gasteiger partial charge in [0.15, 0.2) is 0 Å². The number of pyridine rings is 1. The second-order valence-corrected chi connectivity index (χ2v) is 7.00. The number of rotatable bonds is 3. The highest BCUT2D eigenvalue weighted by atomic mass is 35.5. The smallest absolute Gasteiger partial charge is 0.0454 e. The van der Waals surface area contributed by atoms with E-state index in [0.29, 0.717) is 17.8 Å². The molecule has 2 heteroatoms. The van der Waals surface area contributed by atoms with Crippen LogP contribution in [0, 0.1) is 11.8 Å². The third-order valence-corrected chi connectivity index (χ3v) is 6.06. The number of halogens is 1. The van der Waals surface area contributed by atoms with Crippen molar-refractivity contribution in [2.45, 2.75) is 37.0 Å². The molecule has 0 N–H and O–H groups in total. The summed E-state index contributed by atoms with van der Waals surface area (Å²) in [6.45, 7) is 2.22. The lowest BCUT2D eigenvalue weighted by Gasteiger charge is -2.18. The van der Waals surface area contributed by atoms with Gasteiger partial charge in [-0.2, -0.15) is 0 Å². The summed E-state index contributed by atoms with van der Waals surface area (Å²) in [6.07, 6.45) is 4.38. The fraction of sp³-hybridized carbons (Fsp3) is 0.421. The van der Waals surface area contributed by atoms with Crippen LogP contribution in [0.4, 0.5) is 0 Å². The van der Waals surface area contributed by atoms with E-state index in [9.17, 15) is 0 Å². The molecule has 0 bridgehead atoms. The number of aryl methyl sites for hydroxylation is 1. The standard InChI is InChI=1S/C19H20ClN/c1-12(16-8-4-5-11-21-16)19(20)18-15-10-9-13-6-2-3-7-14(13)17(15)18/h2-8,11-12,15,17-19H,9-10H2,1H3. The van der Waals surface area contributed by atoms with E-state index in [1.165, 1.54) is 18.4 Å². The van der Waals surface area contributed by atoms with Crippen molar-refractivity contribution in [3.63, 3.8) is 0 Å². The fourth-order valence-corrected chi connectivity index (χ4v) is 4.67. The van der Waals surface area contributed by atoms with Gasteiger partial charge in [0.1, 0.15) is 0 Å². The Hall–Kier alpha value is -1.34. The summed E-state index contributed by atoms with van der Waals surface area (Å²) in [7, 11) is 0. The summed E-state index contributed by atoms with van der Waals surface area (Å²) < 4.78 is 0. The summed E-state index contributed by atoms with van der Waals surface area (Å²) in [5.74, 6) is 2.40. The lowest BCUT2D eigenvalue weighted by molar-refractivity contribution is 0.558. The zero-order valence-electron chi connectivity index (χ0n) is 12.2. The molecule has 1 heterocycles. The van der Waals surface area contributed by atoms with Gasteiger partial charge in [0.25, 0.3) is 0 Å².